The maximum Gasteiger partial charge on any atom is 0.168 e. The second-order valence-corrected chi connectivity index (χ2v) is 9.50. The molecular weight excluding hydrogens is 418 g/mol. The third kappa shape index (κ3) is 2.60. The van der Waals surface area contributed by atoms with E-state index in [2.05, 4.69) is 33.2 Å². The number of hydrogen-bond acceptors (Lipinski definition) is 4. The lowest BCUT2D eigenvalue weighted by Gasteiger charge is -2.46. The van der Waals surface area contributed by atoms with Crippen LogP contribution in [0.3, 0.4) is 0 Å². The standard InChI is InChI=1S/C22H26BrN3O2/c1-12(2)20(27)22(25-14(4)24)18-9-16(23)6-5-15(18)10-21(22)8-7-19-17(11-21)13(3)28-26-19/h5-6,9,12H,7-8,10-11H2,1-4H3,(H2,24,25). The Morgan fingerprint density at radius 3 is 2.79 bits per heavy atom. The molecule has 0 bridgehead atoms. The fourth-order valence-electron chi connectivity index (χ4n) is 5.23. The Balaban J connectivity index is 2.02. The molecule has 1 aromatic carbocycles. The Kier molecular flexibility index (Phi) is 4.53. The van der Waals surface area contributed by atoms with E-state index in [0.717, 1.165) is 52.7 Å². The molecule has 0 aliphatic heterocycles. The summed E-state index contributed by atoms with van der Waals surface area (Å²) in [7, 11) is 0. The maximum absolute atomic E-state index is 13.9. The SMILES string of the molecule is CC(N)=NC1(C(=O)C(C)C)c2cc(Br)ccc2CC12CCc1noc(C)c1C2. The fraction of sp³-hybridized carbons (Fsp3) is 0.500. The highest BCUT2D eigenvalue weighted by molar-refractivity contribution is 9.10. The number of aliphatic imine (C=N–C) groups is 1. The lowest BCUT2D eigenvalue weighted by atomic mass is 9.59. The molecule has 0 saturated heterocycles. The van der Waals surface area contributed by atoms with Crippen molar-refractivity contribution < 1.29 is 9.32 Å². The third-order valence-electron chi connectivity index (χ3n) is 6.40. The van der Waals surface area contributed by atoms with Crippen LogP contribution in [0.5, 0.6) is 0 Å². The monoisotopic (exact) mass is 443 g/mol. The predicted octanol–water partition coefficient (Wildman–Crippen LogP) is 4.27. The molecule has 6 heteroatoms. The number of aryl methyl sites for hydroxylation is 2. The quantitative estimate of drug-likeness (QED) is 0.566. The van der Waals surface area contributed by atoms with Crippen molar-refractivity contribution >= 4 is 27.5 Å². The summed E-state index contributed by atoms with van der Waals surface area (Å²) in [6.45, 7) is 7.63. The van der Waals surface area contributed by atoms with Crippen LogP contribution in [0.2, 0.25) is 0 Å². The molecule has 28 heavy (non-hydrogen) atoms. The van der Waals surface area contributed by atoms with Gasteiger partial charge in [0.05, 0.1) is 11.5 Å². The molecule has 2 aliphatic rings. The van der Waals surface area contributed by atoms with Crippen LogP contribution in [0.15, 0.2) is 32.2 Å². The normalized spacial score (nSPS) is 26.6. The van der Waals surface area contributed by atoms with Gasteiger partial charge in [0.1, 0.15) is 5.76 Å². The van der Waals surface area contributed by atoms with E-state index in [-0.39, 0.29) is 17.1 Å². The van der Waals surface area contributed by atoms with E-state index in [1.165, 1.54) is 5.56 Å². The largest absolute Gasteiger partial charge is 0.388 e. The molecule has 1 heterocycles. The number of rotatable bonds is 3. The number of Topliss-reactive ketones (excluding diaryl/α,β-unsaturated/α-hetero) is 1. The lowest BCUT2D eigenvalue weighted by Crippen LogP contribution is -2.52. The summed E-state index contributed by atoms with van der Waals surface area (Å²) in [5.74, 6) is 1.25. The number of fused-ring (bicyclic) bond motifs is 2. The highest BCUT2D eigenvalue weighted by Gasteiger charge is 2.63. The van der Waals surface area contributed by atoms with Crippen molar-refractivity contribution in [1.82, 2.24) is 5.16 Å². The summed E-state index contributed by atoms with van der Waals surface area (Å²) >= 11 is 3.60. The zero-order valence-corrected chi connectivity index (χ0v) is 18.4. The van der Waals surface area contributed by atoms with E-state index in [1.54, 1.807) is 6.92 Å². The highest BCUT2D eigenvalue weighted by atomic mass is 79.9. The van der Waals surface area contributed by atoms with Crippen molar-refractivity contribution in [3.8, 4) is 0 Å². The minimum atomic E-state index is -0.986. The molecule has 2 unspecified atom stereocenters. The van der Waals surface area contributed by atoms with Crippen molar-refractivity contribution in [2.45, 2.75) is 58.9 Å². The smallest absolute Gasteiger partial charge is 0.168 e. The van der Waals surface area contributed by atoms with Gasteiger partial charge in [0.25, 0.3) is 0 Å². The van der Waals surface area contributed by atoms with Crippen molar-refractivity contribution in [3.63, 3.8) is 0 Å². The van der Waals surface area contributed by atoms with Crippen LogP contribution < -0.4 is 5.73 Å². The number of halogens is 1. The van der Waals surface area contributed by atoms with Gasteiger partial charge in [-0.05, 0) is 62.8 Å². The first kappa shape index (κ1) is 19.4. The Hall–Kier alpha value is -1.95. The number of aromatic nitrogens is 1. The molecule has 2 atom stereocenters. The number of carbonyl (C=O) groups excluding carboxylic acids is 1. The molecule has 1 aromatic heterocycles. The number of amidine groups is 1. The Morgan fingerprint density at radius 1 is 1.36 bits per heavy atom. The van der Waals surface area contributed by atoms with Gasteiger partial charge in [-0.2, -0.15) is 0 Å². The Morgan fingerprint density at radius 2 is 2.11 bits per heavy atom. The van der Waals surface area contributed by atoms with Crippen molar-refractivity contribution in [3.05, 3.63) is 50.8 Å². The first-order valence-corrected chi connectivity index (χ1v) is 10.6. The third-order valence-corrected chi connectivity index (χ3v) is 6.90. The minimum Gasteiger partial charge on any atom is -0.388 e. The van der Waals surface area contributed by atoms with Crippen LogP contribution in [0.4, 0.5) is 0 Å². The van der Waals surface area contributed by atoms with Gasteiger partial charge in [0, 0.05) is 21.4 Å². The van der Waals surface area contributed by atoms with E-state index < -0.39 is 5.54 Å². The zero-order chi connectivity index (χ0) is 20.3. The van der Waals surface area contributed by atoms with Crippen molar-refractivity contribution in [1.29, 1.82) is 0 Å². The molecule has 1 spiro atoms. The van der Waals surface area contributed by atoms with Crippen LogP contribution in [-0.4, -0.2) is 16.8 Å². The summed E-state index contributed by atoms with van der Waals surface area (Å²) in [6, 6.07) is 6.22. The van der Waals surface area contributed by atoms with Crippen LogP contribution in [0.25, 0.3) is 0 Å². The van der Waals surface area contributed by atoms with E-state index in [1.807, 2.05) is 26.8 Å². The molecule has 2 N–H and O–H groups in total. The molecule has 0 amide bonds. The number of benzene rings is 1. The van der Waals surface area contributed by atoms with Gasteiger partial charge in [-0.1, -0.05) is 41.0 Å². The van der Waals surface area contributed by atoms with E-state index >= 15 is 0 Å². The lowest BCUT2D eigenvalue weighted by molar-refractivity contribution is -0.132. The number of carbonyl (C=O) groups is 1. The van der Waals surface area contributed by atoms with Gasteiger partial charge in [0.2, 0.25) is 0 Å². The highest BCUT2D eigenvalue weighted by Crippen LogP contribution is 2.60. The van der Waals surface area contributed by atoms with Crippen LogP contribution in [-0.2, 0) is 29.6 Å². The molecule has 5 nitrogen and oxygen atoms in total. The number of ketones is 1. The molecular formula is C22H26BrN3O2. The van der Waals surface area contributed by atoms with Gasteiger partial charge < -0.3 is 10.3 Å². The summed E-state index contributed by atoms with van der Waals surface area (Å²) in [6.07, 6.45) is 3.13. The first-order chi connectivity index (χ1) is 13.2. The number of nitrogens with two attached hydrogens (primary N) is 1. The molecule has 2 aliphatic carbocycles. The zero-order valence-electron chi connectivity index (χ0n) is 16.8. The second-order valence-electron chi connectivity index (χ2n) is 8.58. The summed E-state index contributed by atoms with van der Waals surface area (Å²) in [4.78, 5) is 18.8. The number of hydrogen-bond donors (Lipinski definition) is 1. The van der Waals surface area contributed by atoms with Gasteiger partial charge in [-0.15, -0.1) is 0 Å². The van der Waals surface area contributed by atoms with E-state index in [4.69, 9.17) is 15.2 Å². The molecule has 0 radical (unpaired) electrons. The van der Waals surface area contributed by atoms with Crippen LogP contribution in [0, 0.1) is 18.3 Å². The predicted molar refractivity (Wildman–Crippen MR) is 112 cm³/mol. The van der Waals surface area contributed by atoms with Crippen LogP contribution >= 0.6 is 15.9 Å². The van der Waals surface area contributed by atoms with Crippen LogP contribution in [0.1, 0.15) is 55.3 Å². The first-order valence-electron chi connectivity index (χ1n) is 9.79. The van der Waals surface area contributed by atoms with Crippen molar-refractivity contribution in [2.75, 3.05) is 0 Å². The minimum absolute atomic E-state index is 0.131. The summed E-state index contributed by atoms with van der Waals surface area (Å²) in [5, 5.41) is 4.23. The second kappa shape index (κ2) is 6.55. The average molecular weight is 444 g/mol. The van der Waals surface area contributed by atoms with E-state index in [0.29, 0.717) is 5.84 Å². The molecule has 0 saturated carbocycles. The van der Waals surface area contributed by atoms with Gasteiger partial charge >= 0.3 is 0 Å². The Bertz CT molecular complexity index is 990. The molecule has 148 valence electrons. The molecule has 0 fully saturated rings. The number of nitrogens with zero attached hydrogens (tertiary/aromatic N) is 2. The average Bonchev–Trinajstić information content (AvgIpc) is 3.11. The van der Waals surface area contributed by atoms with E-state index in [9.17, 15) is 4.79 Å². The topological polar surface area (TPSA) is 81.5 Å². The van der Waals surface area contributed by atoms with Crippen molar-refractivity contribution in [2.24, 2.45) is 22.1 Å². The van der Waals surface area contributed by atoms with Gasteiger partial charge in [-0.3, -0.25) is 9.79 Å². The maximum atomic E-state index is 13.9. The molecule has 2 aromatic rings. The fourth-order valence-corrected chi connectivity index (χ4v) is 5.59. The summed E-state index contributed by atoms with van der Waals surface area (Å²) in [5.41, 5.74) is 9.11. The van der Waals surface area contributed by atoms with Gasteiger partial charge in [0.15, 0.2) is 11.3 Å². The Labute approximate surface area is 173 Å². The van der Waals surface area contributed by atoms with Gasteiger partial charge in [-0.25, -0.2) is 0 Å². The molecule has 4 rings (SSSR count). The summed E-state index contributed by atoms with van der Waals surface area (Å²) < 4.78 is 6.42.